The summed E-state index contributed by atoms with van der Waals surface area (Å²) in [5.41, 5.74) is 0.0399. The zero-order valence-corrected chi connectivity index (χ0v) is 27.3. The smallest absolute Gasteiger partial charge is 0.425 e. The van der Waals surface area contributed by atoms with Gasteiger partial charge >= 0.3 is 49.8 Å². The quantitative estimate of drug-likeness (QED) is 0.146. The molecule has 1 aliphatic heterocycles. The molecule has 1 fully saturated rings. The fourth-order valence-electron chi connectivity index (χ4n) is 4.53. The Morgan fingerprint density at radius 1 is 0.933 bits per heavy atom. The van der Waals surface area contributed by atoms with E-state index in [1.165, 1.54) is 4.90 Å². The van der Waals surface area contributed by atoms with Crippen LogP contribution in [0.1, 0.15) is 57.6 Å². The van der Waals surface area contributed by atoms with Crippen LogP contribution in [0.3, 0.4) is 0 Å². The minimum atomic E-state index is -0.962. The summed E-state index contributed by atoms with van der Waals surface area (Å²) < 4.78 is 26.1. The number of carbonyl (C=O) groups excluding carboxylic acids is 1. The Kier molecular flexibility index (Phi) is 19.2. The molecule has 1 N–H and O–H groups in total. The molecule has 1 aliphatic rings. The van der Waals surface area contributed by atoms with E-state index in [0.717, 1.165) is 31.2 Å². The van der Waals surface area contributed by atoms with Gasteiger partial charge in [-0.1, -0.05) is 63.4 Å². The van der Waals surface area contributed by atoms with Crippen LogP contribution in [-0.4, -0.2) is 64.4 Å². The molecule has 0 aliphatic carbocycles. The van der Waals surface area contributed by atoms with E-state index in [-0.39, 0.29) is 40.8 Å². The van der Waals surface area contributed by atoms with Crippen molar-refractivity contribution in [3.63, 3.8) is 0 Å². The molecule has 1 amide bonds. The molecule has 45 heavy (non-hydrogen) atoms. The minimum Gasteiger partial charge on any atom is -0.425 e. The number of rotatable bonds is 10. The summed E-state index contributed by atoms with van der Waals surface area (Å²) >= 11 is 0. The maximum atomic E-state index is 12.5. The van der Waals surface area contributed by atoms with Gasteiger partial charge in [-0.15, -0.1) is 0 Å². The van der Waals surface area contributed by atoms with Gasteiger partial charge in [-0.2, -0.15) is 0 Å². The van der Waals surface area contributed by atoms with Crippen LogP contribution in [-0.2, 0) is 35.1 Å². The molecule has 5 rings (SSSR count). The van der Waals surface area contributed by atoms with Gasteiger partial charge < -0.3 is 23.6 Å². The molecule has 4 heterocycles. The van der Waals surface area contributed by atoms with Crippen molar-refractivity contribution in [2.45, 2.75) is 57.7 Å². The van der Waals surface area contributed by atoms with E-state index >= 15 is 0 Å². The number of amides is 1. The van der Waals surface area contributed by atoms with E-state index in [4.69, 9.17) is 14.0 Å². The summed E-state index contributed by atoms with van der Waals surface area (Å²) in [5, 5.41) is 23.3. The van der Waals surface area contributed by atoms with E-state index in [9.17, 15) is 9.90 Å². The Balaban J connectivity index is 0.000000418. The molecule has 1 aromatic carbocycles. The van der Waals surface area contributed by atoms with Crippen molar-refractivity contribution in [1.29, 1.82) is 0 Å². The zero-order valence-electron chi connectivity index (χ0n) is 25.3. The van der Waals surface area contributed by atoms with E-state index in [1.54, 1.807) is 51.8 Å². The molecule has 14 heteroatoms. The van der Waals surface area contributed by atoms with Crippen molar-refractivity contribution in [2.75, 3.05) is 6.54 Å². The van der Waals surface area contributed by atoms with Crippen LogP contribution in [0.5, 0.6) is 0 Å². The van der Waals surface area contributed by atoms with Crippen molar-refractivity contribution in [2.24, 2.45) is 0 Å². The molecule has 234 valence electrons. The molecular formula is C31H37BMoN7O5+. The monoisotopic (exact) mass is 696 g/mol. The number of β-amino-alcohol motifs (C(OH)–C–C–N with tert-alkyl or cyclic N) is 1. The Labute approximate surface area is 279 Å². The third-order valence-electron chi connectivity index (χ3n) is 6.56. The van der Waals surface area contributed by atoms with Crippen LogP contribution < -0.4 is 0 Å². The van der Waals surface area contributed by atoms with Gasteiger partial charge in [-0.05, 0) is 61.6 Å². The molecule has 2 atom stereocenters. The van der Waals surface area contributed by atoms with E-state index < -0.39 is 11.7 Å². The Morgan fingerprint density at radius 2 is 1.47 bits per heavy atom. The SMILES string of the molecule is CCCC[C@@]1(O)[CH][CH][CH]N(C(=O)O[C@@H](CCC)c2ccccc2)C1.[C-]#[O+].[C-]#[O+].[Mo+2].c1cnn([B-](n2cccn2)n2cccn2)c1. The van der Waals surface area contributed by atoms with Crippen molar-refractivity contribution in [3.8, 4) is 0 Å². The second-order valence-corrected chi connectivity index (χ2v) is 9.72. The van der Waals surface area contributed by atoms with Crippen molar-refractivity contribution < 1.29 is 45.0 Å². The number of nitrogens with zero attached hydrogens (tertiary/aromatic N) is 7. The number of benzene rings is 1. The number of hydrogen-bond donors (Lipinski definition) is 1. The molecule has 0 bridgehead atoms. The molecule has 0 saturated carbocycles. The maximum Gasteiger partial charge on any atom is 2.00 e. The minimum absolute atomic E-state index is 0. The van der Waals surface area contributed by atoms with Crippen molar-refractivity contribution in [1.82, 2.24) is 34.0 Å². The number of likely N-dealkylation sites (tertiary alicyclic amines) is 1. The number of unbranched alkanes of at least 4 members (excludes halogenated alkanes) is 1. The molecule has 0 spiro atoms. The predicted octanol–water partition coefficient (Wildman–Crippen LogP) is 4.60. The Bertz CT molecular complexity index is 1250. The summed E-state index contributed by atoms with van der Waals surface area (Å²) in [5.74, 6) is 0. The van der Waals surface area contributed by atoms with Gasteiger partial charge in [0.1, 0.15) is 6.10 Å². The first-order valence-electron chi connectivity index (χ1n) is 14.2. The first-order chi connectivity index (χ1) is 21.5. The summed E-state index contributed by atoms with van der Waals surface area (Å²) in [6, 6.07) is 15.4. The maximum absolute atomic E-state index is 12.5. The molecule has 12 nitrogen and oxygen atoms in total. The van der Waals surface area contributed by atoms with Crippen LogP contribution in [0.2, 0.25) is 0 Å². The van der Waals surface area contributed by atoms with Gasteiger partial charge in [0.15, 0.2) is 0 Å². The fourth-order valence-corrected chi connectivity index (χ4v) is 4.53. The van der Waals surface area contributed by atoms with E-state index in [1.807, 2.05) is 67.1 Å². The molecular weight excluding hydrogens is 657 g/mol. The van der Waals surface area contributed by atoms with Gasteiger partial charge in [-0.3, -0.25) is 4.90 Å². The average Bonchev–Trinajstić information content (AvgIpc) is 3.89. The number of hydrogen-bond acceptors (Lipinski definition) is 6. The summed E-state index contributed by atoms with van der Waals surface area (Å²) in [6.45, 7) is 15.1. The van der Waals surface area contributed by atoms with Crippen LogP contribution in [0.25, 0.3) is 0 Å². The topological polar surface area (TPSA) is 143 Å². The molecule has 1 saturated heterocycles. The molecule has 4 radical (unpaired) electrons. The number of aliphatic hydroxyl groups is 1. The first kappa shape index (κ1) is 39.3. The molecule has 4 aromatic rings. The van der Waals surface area contributed by atoms with Gasteiger partial charge in [0, 0.05) is 25.0 Å². The van der Waals surface area contributed by atoms with Gasteiger partial charge in [-0.25, -0.2) is 20.1 Å². The van der Waals surface area contributed by atoms with Crippen molar-refractivity contribution in [3.05, 3.63) is 124 Å². The van der Waals surface area contributed by atoms with E-state index in [0.29, 0.717) is 6.42 Å². The number of carbonyl (C=O) groups is 1. The standard InChI is InChI=1S/C20H28NO3.C9H9BN6.2CO.Mo/c1-3-5-13-20(23)14-9-15-21(16-20)19(22)24-18(10-4-2)17-11-7-6-8-12-17;1-4-11-14(7-1)10(15-8-2-5-12-15)16-9-3-6-13-16;2*1-2;/h6-9,11-12,14-15,18,23H,3-5,10,13,16H2,1-2H3;1-9H;;;/q;-1;;;+2/t18-,20+;;;;/m0..../s1. The van der Waals surface area contributed by atoms with Crippen LogP contribution in [0.4, 0.5) is 4.79 Å². The van der Waals surface area contributed by atoms with Crippen molar-refractivity contribution >= 4 is 13.2 Å². The summed E-state index contributed by atoms with van der Waals surface area (Å²) in [6.07, 6.45) is 18.0. The Hall–Kier alpha value is -3.69. The Morgan fingerprint density at radius 3 is 1.91 bits per heavy atom. The second kappa shape index (κ2) is 21.9. The largest absolute Gasteiger partial charge is 2.00 e. The van der Waals surface area contributed by atoms with Gasteiger partial charge in [0.2, 0.25) is 0 Å². The predicted molar refractivity (Wildman–Crippen MR) is 161 cm³/mol. The number of piperidine rings is 1. The first-order valence-corrected chi connectivity index (χ1v) is 14.2. The number of ether oxygens (including phenoxy) is 1. The van der Waals surface area contributed by atoms with Crippen LogP contribution in [0.15, 0.2) is 85.7 Å². The average molecular weight is 694 g/mol. The van der Waals surface area contributed by atoms with Crippen LogP contribution in [0, 0.1) is 32.7 Å². The normalized spacial score (nSPS) is 15.9. The summed E-state index contributed by atoms with van der Waals surface area (Å²) in [7, 11) is -0.194. The third-order valence-corrected chi connectivity index (χ3v) is 6.56. The fraction of sp³-hybridized carbons (Fsp3) is 0.323. The number of aromatic nitrogens is 6. The molecule has 3 aromatic heterocycles. The van der Waals surface area contributed by atoms with Crippen LogP contribution >= 0.6 is 0 Å². The second-order valence-electron chi connectivity index (χ2n) is 9.72. The zero-order chi connectivity index (χ0) is 32.2. The van der Waals surface area contributed by atoms with E-state index in [2.05, 4.69) is 42.4 Å². The van der Waals surface area contributed by atoms with Gasteiger partial charge in [0.05, 0.1) is 18.7 Å². The molecule has 0 unspecified atom stereocenters. The van der Waals surface area contributed by atoms with Gasteiger partial charge in [0.25, 0.3) is 7.12 Å². The third kappa shape index (κ3) is 12.3. The summed E-state index contributed by atoms with van der Waals surface area (Å²) in [4.78, 5) is 14.0.